The van der Waals surface area contributed by atoms with Crippen LogP contribution in [0, 0.1) is 20.8 Å². The fourth-order valence-electron chi connectivity index (χ4n) is 3.20. The Morgan fingerprint density at radius 1 is 0.968 bits per heavy atom. The van der Waals surface area contributed by atoms with Gasteiger partial charge < -0.3 is 19.7 Å². The second kappa shape index (κ2) is 7.84. The summed E-state index contributed by atoms with van der Waals surface area (Å²) in [4.78, 5) is 20.7. The minimum absolute atomic E-state index is 0.0341. The SMILES string of the molecule is Cc1cc(C)nc([N-]S(=O)(=O)c2ccc(NC(=O)c3oc4ccccc4c3C)cc2)n1. The van der Waals surface area contributed by atoms with Crippen LogP contribution in [0.2, 0.25) is 0 Å². The van der Waals surface area contributed by atoms with E-state index in [1.807, 2.05) is 25.1 Å². The van der Waals surface area contributed by atoms with Crippen molar-refractivity contribution in [3.63, 3.8) is 0 Å². The van der Waals surface area contributed by atoms with E-state index in [-0.39, 0.29) is 16.6 Å². The van der Waals surface area contributed by atoms with Gasteiger partial charge in [0.1, 0.15) is 5.58 Å². The number of furan rings is 1. The van der Waals surface area contributed by atoms with Gasteiger partial charge >= 0.3 is 0 Å². The number of benzene rings is 2. The Bertz CT molecular complexity index is 1370. The summed E-state index contributed by atoms with van der Waals surface area (Å²) in [5.74, 6) is -0.326. The number of aryl methyl sites for hydroxylation is 3. The largest absolute Gasteiger partial charge is 0.451 e. The lowest BCUT2D eigenvalue weighted by atomic mass is 10.1. The van der Waals surface area contributed by atoms with Crippen molar-refractivity contribution in [3.05, 3.63) is 82.0 Å². The number of fused-ring (bicyclic) bond motifs is 1. The summed E-state index contributed by atoms with van der Waals surface area (Å²) in [6.45, 7) is 5.29. The third-order valence-electron chi connectivity index (χ3n) is 4.63. The molecule has 2 heterocycles. The molecule has 4 aromatic rings. The van der Waals surface area contributed by atoms with Gasteiger partial charge in [0.2, 0.25) is 10.0 Å². The van der Waals surface area contributed by atoms with Crippen molar-refractivity contribution < 1.29 is 17.6 Å². The Labute approximate surface area is 179 Å². The Morgan fingerprint density at radius 3 is 2.26 bits per heavy atom. The predicted molar refractivity (Wildman–Crippen MR) is 117 cm³/mol. The zero-order chi connectivity index (χ0) is 22.2. The molecule has 0 aliphatic rings. The highest BCUT2D eigenvalue weighted by Gasteiger charge is 2.18. The molecular formula is C22H19N4O4S-. The molecule has 4 rings (SSSR count). The van der Waals surface area contributed by atoms with Crippen LogP contribution in [0.1, 0.15) is 27.5 Å². The summed E-state index contributed by atoms with van der Waals surface area (Å²) in [6.07, 6.45) is 0. The molecule has 0 spiro atoms. The van der Waals surface area contributed by atoms with E-state index in [4.69, 9.17) is 4.42 Å². The van der Waals surface area contributed by atoms with E-state index in [9.17, 15) is 13.2 Å². The zero-order valence-electron chi connectivity index (χ0n) is 17.1. The van der Waals surface area contributed by atoms with Crippen molar-refractivity contribution in [3.8, 4) is 0 Å². The highest BCUT2D eigenvalue weighted by Crippen LogP contribution is 2.27. The topological polar surface area (TPSA) is 116 Å². The van der Waals surface area contributed by atoms with Gasteiger partial charge in [-0.15, -0.1) is 0 Å². The molecule has 0 saturated heterocycles. The van der Waals surface area contributed by atoms with Gasteiger partial charge in [-0.25, -0.2) is 8.42 Å². The molecular weight excluding hydrogens is 416 g/mol. The van der Waals surface area contributed by atoms with Gasteiger partial charge in [-0.1, -0.05) is 24.3 Å². The van der Waals surface area contributed by atoms with Gasteiger partial charge in [-0.3, -0.25) is 9.52 Å². The maximum atomic E-state index is 12.6. The van der Waals surface area contributed by atoms with Crippen LogP contribution in [0.25, 0.3) is 15.7 Å². The van der Waals surface area contributed by atoms with Gasteiger partial charge in [-0.2, -0.15) is 0 Å². The smallest absolute Gasteiger partial charge is 0.291 e. The van der Waals surface area contributed by atoms with Gasteiger partial charge in [-0.05, 0) is 62.5 Å². The molecule has 9 heteroatoms. The summed E-state index contributed by atoms with van der Waals surface area (Å²) in [5, 5.41) is 3.59. The number of carbonyl (C=O) groups excluding carboxylic acids is 1. The Hall–Kier alpha value is -3.72. The van der Waals surface area contributed by atoms with Crippen LogP contribution in [0.15, 0.2) is 63.9 Å². The fourth-order valence-corrected chi connectivity index (χ4v) is 4.08. The molecule has 0 atom stereocenters. The summed E-state index contributed by atoms with van der Waals surface area (Å²) < 4.78 is 34.5. The highest BCUT2D eigenvalue weighted by molar-refractivity contribution is 7.94. The molecule has 2 aromatic carbocycles. The molecule has 158 valence electrons. The quantitative estimate of drug-likeness (QED) is 0.481. The number of rotatable bonds is 5. The van der Waals surface area contributed by atoms with E-state index < -0.39 is 15.9 Å². The standard InChI is InChI=1S/C22H20N4O4S/c1-13-12-14(2)24-22(23-13)26-31(28,29)17-10-8-16(9-11-17)25-21(27)20-15(3)18-6-4-5-7-19(18)30-20/h4-12H,1-3H3,(H2,23,24,25,26,27)/p-1. The van der Waals surface area contributed by atoms with Crippen LogP contribution in [-0.4, -0.2) is 24.3 Å². The molecule has 0 unspecified atom stereocenters. The molecule has 0 radical (unpaired) electrons. The molecule has 1 N–H and O–H groups in total. The molecule has 0 aliphatic heterocycles. The van der Waals surface area contributed by atoms with Crippen molar-refractivity contribution >= 4 is 38.5 Å². The average Bonchev–Trinajstić information content (AvgIpc) is 3.04. The molecule has 1 amide bonds. The van der Waals surface area contributed by atoms with Crippen molar-refractivity contribution in [2.45, 2.75) is 25.7 Å². The molecule has 31 heavy (non-hydrogen) atoms. The van der Waals surface area contributed by atoms with Gasteiger partial charge in [0.05, 0.1) is 4.90 Å². The number of hydrogen-bond acceptors (Lipinski definition) is 6. The van der Waals surface area contributed by atoms with Crippen LogP contribution in [0.5, 0.6) is 0 Å². The van der Waals surface area contributed by atoms with Crippen LogP contribution in [0.3, 0.4) is 0 Å². The lowest BCUT2D eigenvalue weighted by Crippen LogP contribution is -2.12. The Balaban J connectivity index is 1.52. The number of sulfonamides is 1. The number of nitrogens with one attached hydrogen (secondary N) is 1. The number of aromatic nitrogens is 2. The first-order chi connectivity index (χ1) is 14.7. The summed E-state index contributed by atoms with van der Waals surface area (Å²) >= 11 is 0. The number of amides is 1. The van der Waals surface area contributed by atoms with Crippen molar-refractivity contribution in [1.29, 1.82) is 0 Å². The number of para-hydroxylation sites is 1. The number of hydrogen-bond donors (Lipinski definition) is 1. The summed E-state index contributed by atoms with van der Waals surface area (Å²) in [6, 6.07) is 14.8. The molecule has 0 fully saturated rings. The minimum atomic E-state index is -4.00. The summed E-state index contributed by atoms with van der Waals surface area (Å²) in [5.41, 5.74) is 3.04. The molecule has 2 aromatic heterocycles. The monoisotopic (exact) mass is 435 g/mol. The van der Waals surface area contributed by atoms with Crippen LogP contribution in [-0.2, 0) is 10.0 Å². The highest BCUT2D eigenvalue weighted by atomic mass is 32.2. The molecule has 0 aliphatic carbocycles. The van der Waals surface area contributed by atoms with E-state index in [1.165, 1.54) is 24.3 Å². The predicted octanol–water partition coefficient (Wildman–Crippen LogP) is 4.79. The third kappa shape index (κ3) is 4.26. The number of carbonyl (C=O) groups is 1. The zero-order valence-corrected chi connectivity index (χ0v) is 17.9. The van der Waals surface area contributed by atoms with Crippen molar-refractivity contribution in [1.82, 2.24) is 9.97 Å². The normalized spacial score (nSPS) is 11.5. The number of anilines is 1. The van der Waals surface area contributed by atoms with Crippen LogP contribution in [0.4, 0.5) is 11.6 Å². The van der Waals surface area contributed by atoms with Gasteiger partial charge in [0.15, 0.2) is 5.76 Å². The maximum Gasteiger partial charge on any atom is 0.291 e. The second-order valence-electron chi connectivity index (χ2n) is 7.05. The molecule has 0 bridgehead atoms. The first-order valence-corrected chi connectivity index (χ1v) is 10.9. The van der Waals surface area contributed by atoms with Crippen LogP contribution < -0.4 is 5.32 Å². The third-order valence-corrected chi connectivity index (χ3v) is 5.90. The van der Waals surface area contributed by atoms with E-state index in [0.29, 0.717) is 22.7 Å². The van der Waals surface area contributed by atoms with E-state index in [1.54, 1.807) is 26.0 Å². The first-order valence-electron chi connectivity index (χ1n) is 9.43. The van der Waals surface area contributed by atoms with Crippen LogP contribution >= 0.6 is 0 Å². The molecule has 8 nitrogen and oxygen atoms in total. The lowest BCUT2D eigenvalue weighted by Gasteiger charge is -2.15. The van der Waals surface area contributed by atoms with Crippen molar-refractivity contribution in [2.24, 2.45) is 0 Å². The Morgan fingerprint density at radius 2 is 1.61 bits per heavy atom. The maximum absolute atomic E-state index is 12.6. The van der Waals surface area contributed by atoms with E-state index in [0.717, 1.165) is 10.9 Å². The average molecular weight is 435 g/mol. The fraction of sp³-hybridized carbons (Fsp3) is 0.136. The second-order valence-corrected chi connectivity index (χ2v) is 8.65. The minimum Gasteiger partial charge on any atom is -0.451 e. The van der Waals surface area contributed by atoms with Gasteiger partial charge in [0, 0.05) is 22.6 Å². The number of nitrogens with zero attached hydrogens (tertiary/aromatic N) is 3. The first kappa shape index (κ1) is 20.5. The molecule has 0 saturated carbocycles. The van der Waals surface area contributed by atoms with E-state index in [2.05, 4.69) is 20.0 Å². The van der Waals surface area contributed by atoms with E-state index >= 15 is 0 Å². The summed E-state index contributed by atoms with van der Waals surface area (Å²) in [7, 11) is -4.00. The van der Waals surface area contributed by atoms with Crippen molar-refractivity contribution in [2.75, 3.05) is 5.32 Å². The lowest BCUT2D eigenvalue weighted by molar-refractivity contribution is 0.0998. The van der Waals surface area contributed by atoms with Gasteiger partial charge in [0.25, 0.3) is 5.91 Å². The Kier molecular flexibility index (Phi) is 5.20.